The monoisotopic (exact) mass is 200 g/mol. The van der Waals surface area contributed by atoms with E-state index < -0.39 is 0 Å². The van der Waals surface area contributed by atoms with Crippen LogP contribution >= 0.6 is 11.8 Å². The molecule has 2 heteroatoms. The lowest BCUT2D eigenvalue weighted by molar-refractivity contribution is -0.119. The summed E-state index contributed by atoms with van der Waals surface area (Å²) in [5.41, 5.74) is 0.0365. The van der Waals surface area contributed by atoms with Crippen molar-refractivity contribution in [2.24, 2.45) is 11.3 Å². The van der Waals surface area contributed by atoms with Gasteiger partial charge in [0.05, 0.1) is 0 Å². The third-order valence-electron chi connectivity index (χ3n) is 3.46. The highest BCUT2D eigenvalue weighted by Crippen LogP contribution is 2.42. The van der Waals surface area contributed by atoms with Crippen molar-refractivity contribution in [3.05, 3.63) is 0 Å². The van der Waals surface area contributed by atoms with Crippen LogP contribution in [-0.4, -0.2) is 17.8 Å². The summed E-state index contributed by atoms with van der Waals surface area (Å²) in [6, 6.07) is 0. The van der Waals surface area contributed by atoms with Gasteiger partial charge >= 0.3 is 0 Å². The molecule has 1 nitrogen and oxygen atoms in total. The molecule has 1 heterocycles. The highest BCUT2D eigenvalue weighted by atomic mass is 32.2. The average Bonchev–Trinajstić information content (AvgIpc) is 2.21. The van der Waals surface area contributed by atoms with Crippen molar-refractivity contribution in [3.8, 4) is 0 Å². The van der Waals surface area contributed by atoms with Gasteiger partial charge in [-0.05, 0) is 30.3 Å². The highest BCUT2D eigenvalue weighted by molar-refractivity contribution is 7.99. The van der Waals surface area contributed by atoms with E-state index >= 15 is 0 Å². The minimum atomic E-state index is 0.0365. The molecule has 0 N–H and O–H groups in total. The number of carbonyl (C=O) groups excluding carboxylic acids is 1. The van der Waals surface area contributed by atoms with Crippen molar-refractivity contribution in [1.82, 2.24) is 0 Å². The van der Waals surface area contributed by atoms with E-state index in [2.05, 4.69) is 13.8 Å². The maximum Gasteiger partial charge on any atom is 0.126 e. The minimum Gasteiger partial charge on any atom is -0.303 e. The number of hydrogen-bond donors (Lipinski definition) is 0. The molecule has 0 bridgehead atoms. The molecule has 0 spiro atoms. The van der Waals surface area contributed by atoms with E-state index in [0.717, 1.165) is 25.7 Å². The van der Waals surface area contributed by atoms with Crippen LogP contribution in [0.4, 0.5) is 0 Å². The molecule has 0 aromatic rings. The van der Waals surface area contributed by atoms with Gasteiger partial charge in [-0.25, -0.2) is 0 Å². The summed E-state index contributed by atoms with van der Waals surface area (Å²) in [4.78, 5) is 11.2. The molecule has 1 aliphatic heterocycles. The van der Waals surface area contributed by atoms with Crippen molar-refractivity contribution >= 4 is 18.0 Å². The predicted octanol–water partition coefficient (Wildman–Crippen LogP) is 3.13. The van der Waals surface area contributed by atoms with Crippen molar-refractivity contribution in [2.75, 3.05) is 11.5 Å². The Morgan fingerprint density at radius 2 is 1.85 bits per heavy atom. The maximum atomic E-state index is 11.2. The Labute approximate surface area is 85.7 Å². The molecule has 1 fully saturated rings. The molecule has 0 aliphatic carbocycles. The second-order valence-corrected chi connectivity index (χ2v) is 5.20. The fourth-order valence-corrected chi connectivity index (χ4v) is 3.73. The molecule has 0 atom stereocenters. The molecule has 0 amide bonds. The minimum absolute atomic E-state index is 0.0365. The molecule has 76 valence electrons. The second-order valence-electron chi connectivity index (χ2n) is 3.98. The van der Waals surface area contributed by atoms with Crippen LogP contribution in [0, 0.1) is 11.3 Å². The van der Waals surface area contributed by atoms with Gasteiger partial charge in [-0.15, -0.1) is 0 Å². The first-order valence-electron chi connectivity index (χ1n) is 5.33. The van der Waals surface area contributed by atoms with Crippen LogP contribution in [0.15, 0.2) is 0 Å². The van der Waals surface area contributed by atoms with Crippen molar-refractivity contribution in [3.63, 3.8) is 0 Å². The summed E-state index contributed by atoms with van der Waals surface area (Å²) in [5.74, 6) is 2.97. The van der Waals surface area contributed by atoms with Gasteiger partial charge in [0.2, 0.25) is 0 Å². The lowest BCUT2D eigenvalue weighted by Crippen LogP contribution is -2.35. The summed E-state index contributed by atoms with van der Waals surface area (Å²) < 4.78 is 0. The Hall–Kier alpha value is 0.0200. The SMILES string of the molecule is CCC(CC)C1(C=O)CCSCC1. The van der Waals surface area contributed by atoms with Crippen LogP contribution in [-0.2, 0) is 4.79 Å². The zero-order chi connectivity index (χ0) is 9.73. The fourth-order valence-electron chi connectivity index (χ4n) is 2.48. The number of aldehydes is 1. The molecule has 0 unspecified atom stereocenters. The molecule has 0 radical (unpaired) electrons. The summed E-state index contributed by atoms with van der Waals surface area (Å²) >= 11 is 1.99. The Morgan fingerprint density at radius 3 is 2.23 bits per heavy atom. The normalized spacial score (nSPS) is 21.8. The Balaban J connectivity index is 2.70. The van der Waals surface area contributed by atoms with Crippen molar-refractivity contribution < 1.29 is 4.79 Å². The van der Waals surface area contributed by atoms with E-state index in [1.807, 2.05) is 11.8 Å². The number of rotatable bonds is 4. The predicted molar refractivity (Wildman–Crippen MR) is 59.1 cm³/mol. The molecule has 13 heavy (non-hydrogen) atoms. The molecule has 1 aliphatic rings. The van der Waals surface area contributed by atoms with Gasteiger partial charge in [0.1, 0.15) is 6.29 Å². The first-order valence-corrected chi connectivity index (χ1v) is 6.48. The van der Waals surface area contributed by atoms with E-state index in [-0.39, 0.29) is 5.41 Å². The Bertz CT molecular complexity index is 157. The van der Waals surface area contributed by atoms with Crippen LogP contribution in [0.1, 0.15) is 39.5 Å². The van der Waals surface area contributed by atoms with Gasteiger partial charge < -0.3 is 4.79 Å². The van der Waals surface area contributed by atoms with E-state index in [1.54, 1.807) is 0 Å². The highest BCUT2D eigenvalue weighted by Gasteiger charge is 2.37. The van der Waals surface area contributed by atoms with Crippen molar-refractivity contribution in [2.45, 2.75) is 39.5 Å². The quantitative estimate of drug-likeness (QED) is 0.649. The Morgan fingerprint density at radius 1 is 1.31 bits per heavy atom. The summed E-state index contributed by atoms with van der Waals surface area (Å²) in [5, 5.41) is 0. The molecule has 0 aromatic carbocycles. The Kier molecular flexibility index (Phi) is 4.30. The molecular weight excluding hydrogens is 180 g/mol. The third kappa shape index (κ3) is 2.28. The van der Waals surface area contributed by atoms with Crippen LogP contribution in [0.5, 0.6) is 0 Å². The van der Waals surface area contributed by atoms with E-state index in [0.29, 0.717) is 5.92 Å². The zero-order valence-electron chi connectivity index (χ0n) is 8.71. The molecule has 1 rings (SSSR count). The zero-order valence-corrected chi connectivity index (χ0v) is 9.53. The van der Waals surface area contributed by atoms with Crippen molar-refractivity contribution in [1.29, 1.82) is 0 Å². The first-order chi connectivity index (χ1) is 6.29. The van der Waals surface area contributed by atoms with Crippen LogP contribution in [0.25, 0.3) is 0 Å². The van der Waals surface area contributed by atoms with Crippen LogP contribution < -0.4 is 0 Å². The van der Waals surface area contributed by atoms with Crippen LogP contribution in [0.2, 0.25) is 0 Å². The maximum absolute atomic E-state index is 11.2. The number of hydrogen-bond acceptors (Lipinski definition) is 2. The first kappa shape index (κ1) is 11.1. The van der Waals surface area contributed by atoms with Gasteiger partial charge in [-0.3, -0.25) is 0 Å². The van der Waals surface area contributed by atoms with Gasteiger partial charge in [0.15, 0.2) is 0 Å². The van der Waals surface area contributed by atoms with E-state index in [1.165, 1.54) is 17.8 Å². The topological polar surface area (TPSA) is 17.1 Å². The number of thioether (sulfide) groups is 1. The van der Waals surface area contributed by atoms with E-state index in [4.69, 9.17) is 0 Å². The average molecular weight is 200 g/mol. The molecule has 0 aromatic heterocycles. The molecule has 1 saturated heterocycles. The molecular formula is C11H20OS. The summed E-state index contributed by atoms with van der Waals surface area (Å²) in [6.45, 7) is 4.42. The smallest absolute Gasteiger partial charge is 0.126 e. The van der Waals surface area contributed by atoms with Gasteiger partial charge in [0.25, 0.3) is 0 Å². The largest absolute Gasteiger partial charge is 0.303 e. The number of carbonyl (C=O) groups is 1. The van der Waals surface area contributed by atoms with Gasteiger partial charge in [0, 0.05) is 5.41 Å². The van der Waals surface area contributed by atoms with E-state index in [9.17, 15) is 4.79 Å². The summed E-state index contributed by atoms with van der Waals surface area (Å²) in [6.07, 6.45) is 5.77. The van der Waals surface area contributed by atoms with Crippen LogP contribution in [0.3, 0.4) is 0 Å². The standard InChI is InChI=1S/C11H20OS/c1-3-10(4-2)11(9-12)5-7-13-8-6-11/h9-10H,3-8H2,1-2H3. The third-order valence-corrected chi connectivity index (χ3v) is 4.44. The lowest BCUT2D eigenvalue weighted by Gasteiger charge is -2.38. The molecule has 0 saturated carbocycles. The lowest BCUT2D eigenvalue weighted by atomic mass is 9.70. The second kappa shape index (κ2) is 5.04. The van der Waals surface area contributed by atoms with Gasteiger partial charge in [-0.1, -0.05) is 26.7 Å². The fraction of sp³-hybridized carbons (Fsp3) is 0.909. The summed E-state index contributed by atoms with van der Waals surface area (Å²) in [7, 11) is 0. The van der Waals surface area contributed by atoms with Gasteiger partial charge in [-0.2, -0.15) is 11.8 Å².